The second-order valence-corrected chi connectivity index (χ2v) is 5.28. The van der Waals surface area contributed by atoms with Gasteiger partial charge in [0.2, 0.25) is 0 Å². The van der Waals surface area contributed by atoms with Crippen LogP contribution in [0.5, 0.6) is 0 Å². The van der Waals surface area contributed by atoms with Gasteiger partial charge in [0.1, 0.15) is 16.6 Å². The summed E-state index contributed by atoms with van der Waals surface area (Å²) < 4.78 is 35.5. The number of hydrogen-bond donors (Lipinski definition) is 1. The fraction of sp³-hybridized carbons (Fsp3) is 0.154. The first-order chi connectivity index (χ1) is 10.0. The van der Waals surface area contributed by atoms with Gasteiger partial charge in [-0.2, -0.15) is 9.36 Å². The van der Waals surface area contributed by atoms with Gasteiger partial charge in [-0.3, -0.25) is 0 Å². The van der Waals surface area contributed by atoms with Crippen LogP contribution < -0.4 is 5.73 Å². The maximum atomic E-state index is 13.1. The summed E-state index contributed by atoms with van der Waals surface area (Å²) in [5.74, 6) is -0.711. The second kappa shape index (κ2) is 5.21. The number of nitrogens with zero attached hydrogens (tertiary/aromatic N) is 3. The van der Waals surface area contributed by atoms with E-state index in [4.69, 9.17) is 10.3 Å². The molecule has 21 heavy (non-hydrogen) atoms. The van der Waals surface area contributed by atoms with E-state index in [1.807, 2.05) is 0 Å². The molecule has 3 aromatic rings. The number of anilines is 1. The van der Waals surface area contributed by atoms with Crippen molar-refractivity contribution in [1.29, 1.82) is 0 Å². The number of halogens is 2. The molecular weight excluding hydrogens is 298 g/mol. The lowest BCUT2D eigenvalue weighted by atomic mass is 10.1. The first kappa shape index (κ1) is 13.6. The Balaban J connectivity index is 1.89. The molecule has 2 aromatic heterocycles. The van der Waals surface area contributed by atoms with Gasteiger partial charge in [-0.05, 0) is 36.2 Å². The zero-order valence-electron chi connectivity index (χ0n) is 10.9. The van der Waals surface area contributed by atoms with Crippen molar-refractivity contribution in [3.8, 4) is 11.5 Å². The minimum absolute atomic E-state index is 0.161. The zero-order chi connectivity index (χ0) is 15.0. The van der Waals surface area contributed by atoms with Crippen LogP contribution in [0, 0.1) is 18.6 Å². The van der Waals surface area contributed by atoms with Crippen LogP contribution in [0.4, 0.5) is 13.8 Å². The number of hydrogen-bond acceptors (Lipinski definition) is 6. The van der Waals surface area contributed by atoms with Gasteiger partial charge >= 0.3 is 0 Å². The van der Waals surface area contributed by atoms with Crippen LogP contribution in [-0.2, 0) is 6.42 Å². The number of nitrogens with two attached hydrogens (primary N) is 1. The highest BCUT2D eigenvalue weighted by atomic mass is 32.1. The van der Waals surface area contributed by atoms with E-state index in [1.54, 1.807) is 6.92 Å². The molecule has 0 aliphatic heterocycles. The normalized spacial score (nSPS) is 11.0. The van der Waals surface area contributed by atoms with Crippen LogP contribution in [0.15, 0.2) is 22.7 Å². The summed E-state index contributed by atoms with van der Waals surface area (Å²) in [6.45, 7) is 1.79. The zero-order valence-corrected chi connectivity index (χ0v) is 11.7. The Kier molecular flexibility index (Phi) is 3.38. The van der Waals surface area contributed by atoms with Crippen LogP contribution in [0.1, 0.15) is 17.1 Å². The molecule has 0 saturated heterocycles. The van der Waals surface area contributed by atoms with Crippen LogP contribution in [0.25, 0.3) is 11.5 Å². The smallest absolute Gasteiger partial charge is 0.262 e. The maximum absolute atomic E-state index is 13.1. The standard InChI is InChI=1S/C13H10F2N4OS/c1-6-11(12(16)21-19-6)13-17-10(18-20-13)4-7-2-8(14)5-9(15)3-7/h2-3,5H,4,16H2,1H3. The largest absolute Gasteiger partial charge is 0.389 e. The fourth-order valence-electron chi connectivity index (χ4n) is 1.97. The molecule has 0 spiro atoms. The monoisotopic (exact) mass is 308 g/mol. The molecule has 0 saturated carbocycles. The summed E-state index contributed by atoms with van der Waals surface area (Å²) in [6, 6.07) is 3.27. The lowest BCUT2D eigenvalue weighted by molar-refractivity contribution is 0.424. The molecule has 108 valence electrons. The molecule has 2 N–H and O–H groups in total. The van der Waals surface area contributed by atoms with Gasteiger partial charge < -0.3 is 10.3 Å². The Morgan fingerprint density at radius 1 is 1.24 bits per heavy atom. The number of aryl methyl sites for hydroxylation is 1. The summed E-state index contributed by atoms with van der Waals surface area (Å²) in [5.41, 5.74) is 7.53. The van der Waals surface area contributed by atoms with Gasteiger partial charge in [0.05, 0.1) is 11.3 Å². The van der Waals surface area contributed by atoms with Gasteiger partial charge in [0, 0.05) is 12.5 Å². The van der Waals surface area contributed by atoms with Crippen LogP contribution in [0.2, 0.25) is 0 Å². The van der Waals surface area contributed by atoms with Gasteiger partial charge in [-0.25, -0.2) is 8.78 Å². The Bertz CT molecular complexity index is 760. The lowest BCUT2D eigenvalue weighted by Gasteiger charge is -1.97. The second-order valence-electron chi connectivity index (χ2n) is 4.48. The van der Waals surface area contributed by atoms with E-state index in [1.165, 1.54) is 12.1 Å². The molecule has 0 aliphatic carbocycles. The molecule has 5 nitrogen and oxygen atoms in total. The quantitative estimate of drug-likeness (QED) is 0.805. The maximum Gasteiger partial charge on any atom is 0.262 e. The molecule has 0 amide bonds. The van der Waals surface area contributed by atoms with Crippen molar-refractivity contribution in [2.45, 2.75) is 13.3 Å². The van der Waals surface area contributed by atoms with Gasteiger partial charge in [-0.1, -0.05) is 5.16 Å². The van der Waals surface area contributed by atoms with Crippen LogP contribution >= 0.6 is 11.5 Å². The molecule has 1 aromatic carbocycles. The number of aromatic nitrogens is 3. The van der Waals surface area contributed by atoms with Crippen molar-refractivity contribution < 1.29 is 13.3 Å². The predicted molar refractivity (Wildman–Crippen MR) is 73.7 cm³/mol. The van der Waals surface area contributed by atoms with E-state index in [2.05, 4.69) is 14.5 Å². The summed E-state index contributed by atoms with van der Waals surface area (Å²) in [6.07, 6.45) is 0.161. The third kappa shape index (κ3) is 2.75. The average molecular weight is 308 g/mol. The number of rotatable bonds is 3. The third-order valence-corrected chi connectivity index (χ3v) is 3.62. The van der Waals surface area contributed by atoms with E-state index < -0.39 is 11.6 Å². The van der Waals surface area contributed by atoms with Crippen molar-refractivity contribution in [1.82, 2.24) is 14.5 Å². The molecule has 0 radical (unpaired) electrons. The van der Waals surface area contributed by atoms with Crippen LogP contribution in [-0.4, -0.2) is 14.5 Å². The number of nitrogen functional groups attached to an aromatic ring is 1. The molecular formula is C13H10F2N4OS. The molecule has 2 heterocycles. The molecule has 0 unspecified atom stereocenters. The van der Waals surface area contributed by atoms with Crippen LogP contribution in [0.3, 0.4) is 0 Å². The SMILES string of the molecule is Cc1nsc(N)c1-c1nc(Cc2cc(F)cc(F)c2)no1. The highest BCUT2D eigenvalue weighted by Crippen LogP contribution is 2.31. The van der Waals surface area contributed by atoms with E-state index >= 15 is 0 Å². The number of benzene rings is 1. The van der Waals surface area contributed by atoms with Crippen molar-refractivity contribution in [3.63, 3.8) is 0 Å². The summed E-state index contributed by atoms with van der Waals surface area (Å²) in [7, 11) is 0. The van der Waals surface area contributed by atoms with Gasteiger partial charge in [0.15, 0.2) is 5.82 Å². The average Bonchev–Trinajstić information content (AvgIpc) is 2.95. The van der Waals surface area contributed by atoms with Crippen molar-refractivity contribution in [2.24, 2.45) is 0 Å². The molecule has 3 rings (SSSR count). The van der Waals surface area contributed by atoms with Gasteiger partial charge in [-0.15, -0.1) is 0 Å². The molecule has 0 atom stereocenters. The Morgan fingerprint density at radius 3 is 2.57 bits per heavy atom. The van der Waals surface area contributed by atoms with Gasteiger partial charge in [0.25, 0.3) is 5.89 Å². The minimum Gasteiger partial charge on any atom is -0.389 e. The summed E-state index contributed by atoms with van der Waals surface area (Å²) in [5, 5.41) is 4.28. The van der Waals surface area contributed by atoms with E-state index in [-0.39, 0.29) is 12.3 Å². The minimum atomic E-state index is -0.643. The topological polar surface area (TPSA) is 77.8 Å². The molecule has 0 bridgehead atoms. The third-order valence-electron chi connectivity index (χ3n) is 2.86. The Hall–Kier alpha value is -2.35. The fourth-order valence-corrected chi connectivity index (χ4v) is 2.62. The van der Waals surface area contributed by atoms with Crippen molar-refractivity contribution in [3.05, 3.63) is 46.9 Å². The molecule has 0 aliphatic rings. The van der Waals surface area contributed by atoms with Crippen molar-refractivity contribution in [2.75, 3.05) is 5.73 Å². The highest BCUT2D eigenvalue weighted by Gasteiger charge is 2.17. The Labute approximate surface area is 122 Å². The summed E-state index contributed by atoms with van der Waals surface area (Å²) in [4.78, 5) is 4.19. The molecule has 0 fully saturated rings. The van der Waals surface area contributed by atoms with E-state index in [9.17, 15) is 8.78 Å². The van der Waals surface area contributed by atoms with E-state index in [0.29, 0.717) is 27.6 Å². The van der Waals surface area contributed by atoms with Crippen molar-refractivity contribution >= 4 is 16.5 Å². The lowest BCUT2D eigenvalue weighted by Crippen LogP contribution is -1.94. The Morgan fingerprint density at radius 2 is 1.95 bits per heavy atom. The van der Waals surface area contributed by atoms with E-state index in [0.717, 1.165) is 17.6 Å². The molecule has 8 heteroatoms. The summed E-state index contributed by atoms with van der Waals surface area (Å²) >= 11 is 1.14. The first-order valence-electron chi connectivity index (χ1n) is 6.02. The highest BCUT2D eigenvalue weighted by molar-refractivity contribution is 7.10. The first-order valence-corrected chi connectivity index (χ1v) is 6.80. The predicted octanol–water partition coefficient (Wildman–Crippen LogP) is 2.95.